The van der Waals surface area contributed by atoms with Gasteiger partial charge in [-0.25, -0.2) is 4.68 Å². The second kappa shape index (κ2) is 4.57. The van der Waals surface area contributed by atoms with Crippen molar-refractivity contribution < 1.29 is 0 Å². The molecule has 0 radical (unpaired) electrons. The van der Waals surface area contributed by atoms with Gasteiger partial charge < -0.3 is 4.90 Å². The zero-order chi connectivity index (χ0) is 11.7. The van der Waals surface area contributed by atoms with Crippen molar-refractivity contribution in [3.8, 4) is 0 Å². The van der Waals surface area contributed by atoms with Crippen LogP contribution in [0.1, 0.15) is 25.7 Å². The van der Waals surface area contributed by atoms with E-state index in [4.69, 9.17) is 0 Å². The van der Waals surface area contributed by atoms with Crippen molar-refractivity contribution in [2.45, 2.75) is 31.7 Å². The first-order valence-corrected chi connectivity index (χ1v) is 6.35. The summed E-state index contributed by atoms with van der Waals surface area (Å²) in [5.74, 6) is 0. The summed E-state index contributed by atoms with van der Waals surface area (Å²) in [6, 6.07) is 0.546. The lowest BCUT2D eigenvalue weighted by atomic mass is 10.2. The van der Waals surface area contributed by atoms with Crippen molar-refractivity contribution in [3.63, 3.8) is 0 Å². The molecule has 1 aliphatic rings. The molecule has 0 saturated heterocycles. The maximum atomic E-state index is 11.7. The average Bonchev–Trinajstić information content (AvgIpc) is 2.79. The molecule has 2 rings (SSSR count). The first-order valence-electron chi connectivity index (χ1n) is 5.56. The van der Waals surface area contributed by atoms with E-state index < -0.39 is 0 Å². The predicted molar refractivity (Wildman–Crippen MR) is 67.8 cm³/mol. The monoisotopic (exact) mass is 285 g/mol. The topological polar surface area (TPSA) is 38.1 Å². The summed E-state index contributed by atoms with van der Waals surface area (Å²) >= 11 is 3.36. The Morgan fingerprint density at radius 3 is 2.75 bits per heavy atom. The van der Waals surface area contributed by atoms with Crippen molar-refractivity contribution >= 4 is 21.6 Å². The van der Waals surface area contributed by atoms with Gasteiger partial charge in [0, 0.05) is 20.1 Å². The molecule has 0 bridgehead atoms. The minimum Gasteiger partial charge on any atom is -0.369 e. The third-order valence-corrected chi connectivity index (χ3v) is 4.06. The van der Waals surface area contributed by atoms with Crippen LogP contribution in [0.2, 0.25) is 0 Å². The maximum Gasteiger partial charge on any atom is 0.282 e. The van der Waals surface area contributed by atoms with Crippen molar-refractivity contribution in [1.82, 2.24) is 9.78 Å². The minimum atomic E-state index is -0.0812. The first-order chi connectivity index (χ1) is 7.61. The van der Waals surface area contributed by atoms with Gasteiger partial charge in [0.25, 0.3) is 5.56 Å². The molecule has 1 saturated carbocycles. The van der Waals surface area contributed by atoms with Gasteiger partial charge in [-0.15, -0.1) is 0 Å². The van der Waals surface area contributed by atoms with Crippen molar-refractivity contribution in [2.24, 2.45) is 7.05 Å². The Morgan fingerprint density at radius 1 is 1.50 bits per heavy atom. The van der Waals surface area contributed by atoms with E-state index in [9.17, 15) is 4.79 Å². The van der Waals surface area contributed by atoms with Crippen molar-refractivity contribution in [1.29, 1.82) is 0 Å². The highest BCUT2D eigenvalue weighted by Gasteiger charge is 2.22. The summed E-state index contributed by atoms with van der Waals surface area (Å²) in [6.45, 7) is 0. The Morgan fingerprint density at radius 2 is 2.12 bits per heavy atom. The molecule has 88 valence electrons. The second-order valence-corrected chi connectivity index (χ2v) is 5.11. The zero-order valence-corrected chi connectivity index (χ0v) is 11.2. The molecule has 1 aromatic rings. The molecule has 0 aliphatic heterocycles. The molecular weight excluding hydrogens is 270 g/mol. The molecule has 4 nitrogen and oxygen atoms in total. The lowest BCUT2D eigenvalue weighted by Crippen LogP contribution is -2.32. The first kappa shape index (κ1) is 11.6. The minimum absolute atomic E-state index is 0.0812. The SMILES string of the molecule is CN(c1cnn(C)c(=O)c1Br)C1CCCC1. The molecule has 1 aromatic heterocycles. The fraction of sp³-hybridized carbons (Fsp3) is 0.636. The van der Waals surface area contributed by atoms with Gasteiger partial charge in [-0.3, -0.25) is 4.79 Å². The maximum absolute atomic E-state index is 11.7. The third-order valence-electron chi connectivity index (χ3n) is 3.31. The van der Waals surface area contributed by atoms with Crippen LogP contribution in [0.3, 0.4) is 0 Å². The van der Waals surface area contributed by atoms with Crippen LogP contribution in [0.4, 0.5) is 5.69 Å². The molecule has 1 heterocycles. The van der Waals surface area contributed by atoms with Gasteiger partial charge in [0.1, 0.15) is 4.47 Å². The quantitative estimate of drug-likeness (QED) is 0.833. The van der Waals surface area contributed by atoms with Gasteiger partial charge in [-0.05, 0) is 28.8 Å². The Labute approximate surface area is 103 Å². The summed E-state index contributed by atoms with van der Waals surface area (Å²) in [5, 5.41) is 4.06. The van der Waals surface area contributed by atoms with Crippen molar-refractivity contribution in [2.75, 3.05) is 11.9 Å². The van der Waals surface area contributed by atoms with Gasteiger partial charge in [0.2, 0.25) is 0 Å². The number of anilines is 1. The second-order valence-electron chi connectivity index (χ2n) is 4.32. The molecule has 5 heteroatoms. The molecule has 0 N–H and O–H groups in total. The van der Waals surface area contributed by atoms with E-state index in [1.165, 1.54) is 30.4 Å². The number of hydrogen-bond acceptors (Lipinski definition) is 3. The number of aromatic nitrogens is 2. The van der Waals surface area contributed by atoms with Crippen LogP contribution in [0.15, 0.2) is 15.5 Å². The highest BCUT2D eigenvalue weighted by Crippen LogP contribution is 2.29. The Hall–Kier alpha value is -0.840. The van der Waals surface area contributed by atoms with E-state index >= 15 is 0 Å². The van der Waals surface area contributed by atoms with Crippen LogP contribution in [-0.4, -0.2) is 22.9 Å². The molecule has 0 unspecified atom stereocenters. The van der Waals surface area contributed by atoms with Gasteiger partial charge >= 0.3 is 0 Å². The number of aryl methyl sites for hydroxylation is 1. The highest BCUT2D eigenvalue weighted by atomic mass is 79.9. The van der Waals surface area contributed by atoms with E-state index in [1.807, 2.05) is 7.05 Å². The Balaban J connectivity index is 2.33. The summed E-state index contributed by atoms with van der Waals surface area (Å²) < 4.78 is 1.95. The molecular formula is C11H16BrN3O. The van der Waals surface area contributed by atoms with E-state index in [-0.39, 0.29) is 5.56 Å². The zero-order valence-electron chi connectivity index (χ0n) is 9.61. The normalized spacial score (nSPS) is 16.7. The predicted octanol–water partition coefficient (Wildman–Crippen LogP) is 1.92. The molecule has 0 aromatic carbocycles. The van der Waals surface area contributed by atoms with E-state index in [1.54, 1.807) is 13.2 Å². The summed E-state index contributed by atoms with van der Waals surface area (Å²) in [5.41, 5.74) is 0.817. The van der Waals surface area contributed by atoms with E-state index in [0.717, 1.165) is 5.69 Å². The highest BCUT2D eigenvalue weighted by molar-refractivity contribution is 9.10. The number of halogens is 1. The smallest absolute Gasteiger partial charge is 0.282 e. The number of rotatable bonds is 2. The standard InChI is InChI=1S/C11H16BrN3O/c1-14(8-5-3-4-6-8)9-7-13-15(2)11(16)10(9)12/h7-8H,3-6H2,1-2H3. The number of hydrogen-bond donors (Lipinski definition) is 0. The molecule has 16 heavy (non-hydrogen) atoms. The fourth-order valence-corrected chi connectivity index (χ4v) is 2.87. The van der Waals surface area contributed by atoms with E-state index in [2.05, 4.69) is 25.9 Å². The van der Waals surface area contributed by atoms with Crippen LogP contribution in [-0.2, 0) is 7.05 Å². The summed E-state index contributed by atoms with van der Waals surface area (Å²) in [7, 11) is 3.70. The van der Waals surface area contributed by atoms with Crippen LogP contribution < -0.4 is 10.5 Å². The van der Waals surface area contributed by atoms with Gasteiger partial charge in [0.05, 0.1) is 11.9 Å². The van der Waals surface area contributed by atoms with Crippen LogP contribution in [0.5, 0.6) is 0 Å². The average molecular weight is 286 g/mol. The molecule has 0 spiro atoms. The molecule has 1 fully saturated rings. The largest absolute Gasteiger partial charge is 0.369 e. The van der Waals surface area contributed by atoms with Gasteiger partial charge in [0.15, 0.2) is 0 Å². The lowest BCUT2D eigenvalue weighted by molar-refractivity contribution is 0.639. The third kappa shape index (κ3) is 2.00. The summed E-state index contributed by atoms with van der Waals surface area (Å²) in [6.07, 6.45) is 6.73. The Bertz CT molecular complexity index is 437. The molecule has 0 amide bonds. The van der Waals surface area contributed by atoms with Crippen LogP contribution >= 0.6 is 15.9 Å². The summed E-state index contributed by atoms with van der Waals surface area (Å²) in [4.78, 5) is 13.9. The van der Waals surface area contributed by atoms with Crippen LogP contribution in [0, 0.1) is 0 Å². The molecule has 0 atom stereocenters. The van der Waals surface area contributed by atoms with Gasteiger partial charge in [-0.2, -0.15) is 5.10 Å². The Kier molecular flexibility index (Phi) is 3.33. The lowest BCUT2D eigenvalue weighted by Gasteiger charge is -2.26. The molecule has 1 aliphatic carbocycles. The fourth-order valence-electron chi connectivity index (χ4n) is 2.24. The van der Waals surface area contributed by atoms with E-state index in [0.29, 0.717) is 10.5 Å². The number of nitrogens with zero attached hydrogens (tertiary/aromatic N) is 3. The van der Waals surface area contributed by atoms with Gasteiger partial charge in [-0.1, -0.05) is 12.8 Å². The van der Waals surface area contributed by atoms with Crippen LogP contribution in [0.25, 0.3) is 0 Å². The van der Waals surface area contributed by atoms with Crippen molar-refractivity contribution in [3.05, 3.63) is 21.0 Å².